The molecule has 1 aliphatic rings. The van der Waals surface area contributed by atoms with Crippen molar-refractivity contribution in [3.8, 4) is 0 Å². The molecule has 0 aromatic carbocycles. The van der Waals surface area contributed by atoms with Gasteiger partial charge in [-0.15, -0.1) is 11.3 Å². The number of rotatable bonds is 3. The van der Waals surface area contributed by atoms with Crippen LogP contribution >= 0.6 is 11.3 Å². The third-order valence-corrected chi connectivity index (χ3v) is 4.67. The Kier molecular flexibility index (Phi) is 3.98. The molecule has 4 unspecified atom stereocenters. The second-order valence-corrected chi connectivity index (χ2v) is 5.89. The Labute approximate surface area is 102 Å². The summed E-state index contributed by atoms with van der Waals surface area (Å²) in [5.74, 6) is 1.64. The molecule has 1 saturated carbocycles. The lowest BCUT2D eigenvalue weighted by Gasteiger charge is -2.36. The zero-order chi connectivity index (χ0) is 11.5. The SMILES string of the molecule is CC(NC1CCCC(C)C1C)c1cscn1. The van der Waals surface area contributed by atoms with E-state index in [-0.39, 0.29) is 0 Å². The highest BCUT2D eigenvalue weighted by atomic mass is 32.1. The van der Waals surface area contributed by atoms with Gasteiger partial charge in [-0.2, -0.15) is 0 Å². The fraction of sp³-hybridized carbons (Fsp3) is 0.769. The van der Waals surface area contributed by atoms with Crippen molar-refractivity contribution in [2.45, 2.75) is 52.1 Å². The van der Waals surface area contributed by atoms with E-state index in [1.165, 1.54) is 25.0 Å². The Morgan fingerprint density at radius 3 is 2.94 bits per heavy atom. The third kappa shape index (κ3) is 2.64. The van der Waals surface area contributed by atoms with Crippen molar-refractivity contribution >= 4 is 11.3 Å². The predicted octanol–water partition coefficient (Wildman–Crippen LogP) is 3.62. The molecule has 90 valence electrons. The Hall–Kier alpha value is -0.410. The van der Waals surface area contributed by atoms with E-state index in [1.54, 1.807) is 11.3 Å². The lowest BCUT2D eigenvalue weighted by Crippen LogP contribution is -2.41. The van der Waals surface area contributed by atoms with Gasteiger partial charge in [-0.3, -0.25) is 0 Å². The molecular weight excluding hydrogens is 216 g/mol. The van der Waals surface area contributed by atoms with Crippen molar-refractivity contribution in [3.63, 3.8) is 0 Å². The molecule has 0 amide bonds. The van der Waals surface area contributed by atoms with E-state index in [4.69, 9.17) is 0 Å². The van der Waals surface area contributed by atoms with E-state index in [9.17, 15) is 0 Å². The van der Waals surface area contributed by atoms with Crippen LogP contribution in [-0.4, -0.2) is 11.0 Å². The van der Waals surface area contributed by atoms with Gasteiger partial charge in [-0.05, 0) is 25.2 Å². The normalized spacial score (nSPS) is 32.6. The van der Waals surface area contributed by atoms with Crippen molar-refractivity contribution in [1.82, 2.24) is 10.3 Å². The first-order valence-electron chi connectivity index (χ1n) is 6.32. The summed E-state index contributed by atoms with van der Waals surface area (Å²) < 4.78 is 0. The highest BCUT2D eigenvalue weighted by molar-refractivity contribution is 7.07. The number of nitrogens with zero attached hydrogens (tertiary/aromatic N) is 1. The number of hydrogen-bond donors (Lipinski definition) is 1. The minimum Gasteiger partial charge on any atom is -0.306 e. The molecule has 1 aromatic rings. The van der Waals surface area contributed by atoms with E-state index < -0.39 is 0 Å². The molecule has 16 heavy (non-hydrogen) atoms. The zero-order valence-electron chi connectivity index (χ0n) is 10.4. The lowest BCUT2D eigenvalue weighted by molar-refractivity contribution is 0.195. The summed E-state index contributed by atoms with van der Waals surface area (Å²) in [6, 6.07) is 1.06. The number of hydrogen-bond acceptors (Lipinski definition) is 3. The molecule has 0 bridgehead atoms. The highest BCUT2D eigenvalue weighted by Gasteiger charge is 2.28. The summed E-state index contributed by atoms with van der Waals surface area (Å²) in [4.78, 5) is 4.38. The monoisotopic (exact) mass is 238 g/mol. The van der Waals surface area contributed by atoms with Crippen LogP contribution in [0.25, 0.3) is 0 Å². The first-order chi connectivity index (χ1) is 7.68. The molecule has 0 saturated heterocycles. The predicted molar refractivity (Wildman–Crippen MR) is 69.6 cm³/mol. The van der Waals surface area contributed by atoms with Gasteiger partial charge in [0.15, 0.2) is 0 Å². The van der Waals surface area contributed by atoms with Crippen LogP contribution in [0, 0.1) is 11.8 Å². The topological polar surface area (TPSA) is 24.9 Å². The minimum absolute atomic E-state index is 0.393. The number of nitrogens with one attached hydrogen (secondary N) is 1. The van der Waals surface area contributed by atoms with Crippen molar-refractivity contribution in [3.05, 3.63) is 16.6 Å². The second kappa shape index (κ2) is 5.28. The lowest BCUT2D eigenvalue weighted by atomic mass is 9.78. The van der Waals surface area contributed by atoms with Crippen molar-refractivity contribution in [2.75, 3.05) is 0 Å². The molecule has 0 aliphatic heterocycles. The molecule has 4 atom stereocenters. The summed E-state index contributed by atoms with van der Waals surface area (Å²) in [6.07, 6.45) is 4.08. The summed E-state index contributed by atoms with van der Waals surface area (Å²) in [6.45, 7) is 6.99. The molecule has 1 fully saturated rings. The van der Waals surface area contributed by atoms with E-state index in [2.05, 4.69) is 36.5 Å². The van der Waals surface area contributed by atoms with Gasteiger partial charge in [0.25, 0.3) is 0 Å². The largest absolute Gasteiger partial charge is 0.306 e. The van der Waals surface area contributed by atoms with Crippen LogP contribution in [0.5, 0.6) is 0 Å². The van der Waals surface area contributed by atoms with Crippen LogP contribution in [0.1, 0.15) is 51.8 Å². The summed E-state index contributed by atoms with van der Waals surface area (Å²) in [7, 11) is 0. The van der Waals surface area contributed by atoms with Gasteiger partial charge >= 0.3 is 0 Å². The van der Waals surface area contributed by atoms with E-state index >= 15 is 0 Å². The Morgan fingerprint density at radius 2 is 2.25 bits per heavy atom. The molecule has 3 heteroatoms. The van der Waals surface area contributed by atoms with Gasteiger partial charge in [-0.1, -0.05) is 26.7 Å². The molecule has 1 heterocycles. The van der Waals surface area contributed by atoms with Crippen molar-refractivity contribution < 1.29 is 0 Å². The number of aromatic nitrogens is 1. The number of thiazole rings is 1. The van der Waals surface area contributed by atoms with Gasteiger partial charge in [0.1, 0.15) is 0 Å². The van der Waals surface area contributed by atoms with Gasteiger partial charge in [0.05, 0.1) is 11.2 Å². The van der Waals surface area contributed by atoms with Gasteiger partial charge < -0.3 is 5.32 Å². The molecular formula is C13H22N2S. The van der Waals surface area contributed by atoms with E-state index in [1.807, 2.05) is 5.51 Å². The molecule has 0 spiro atoms. The summed E-state index contributed by atoms with van der Waals surface area (Å²) in [5, 5.41) is 5.89. The van der Waals surface area contributed by atoms with Crippen molar-refractivity contribution in [1.29, 1.82) is 0 Å². The maximum absolute atomic E-state index is 4.38. The van der Waals surface area contributed by atoms with Crippen LogP contribution in [0.2, 0.25) is 0 Å². The third-order valence-electron chi connectivity index (χ3n) is 4.07. The first-order valence-corrected chi connectivity index (χ1v) is 7.27. The van der Waals surface area contributed by atoms with Crippen LogP contribution in [0.3, 0.4) is 0 Å². The molecule has 1 aromatic heterocycles. The Balaban J connectivity index is 1.93. The molecule has 0 radical (unpaired) electrons. The molecule has 2 rings (SSSR count). The molecule has 1 aliphatic carbocycles. The average molecular weight is 238 g/mol. The van der Waals surface area contributed by atoms with Crippen LogP contribution < -0.4 is 5.32 Å². The van der Waals surface area contributed by atoms with Crippen molar-refractivity contribution in [2.24, 2.45) is 11.8 Å². The average Bonchev–Trinajstić information content (AvgIpc) is 2.78. The van der Waals surface area contributed by atoms with Crippen LogP contribution in [-0.2, 0) is 0 Å². The fourth-order valence-corrected chi connectivity index (χ4v) is 3.31. The second-order valence-electron chi connectivity index (χ2n) is 5.18. The minimum atomic E-state index is 0.393. The quantitative estimate of drug-likeness (QED) is 0.870. The summed E-state index contributed by atoms with van der Waals surface area (Å²) >= 11 is 1.68. The van der Waals surface area contributed by atoms with Gasteiger partial charge in [-0.25, -0.2) is 4.98 Å². The maximum Gasteiger partial charge on any atom is 0.0795 e. The van der Waals surface area contributed by atoms with Crippen LogP contribution in [0.15, 0.2) is 10.9 Å². The van der Waals surface area contributed by atoms with E-state index in [0.29, 0.717) is 12.1 Å². The zero-order valence-corrected chi connectivity index (χ0v) is 11.3. The van der Waals surface area contributed by atoms with Gasteiger partial charge in [0, 0.05) is 17.5 Å². The van der Waals surface area contributed by atoms with Crippen LogP contribution in [0.4, 0.5) is 0 Å². The molecule has 1 N–H and O–H groups in total. The highest BCUT2D eigenvalue weighted by Crippen LogP contribution is 2.30. The van der Waals surface area contributed by atoms with Gasteiger partial charge in [0.2, 0.25) is 0 Å². The Bertz CT molecular complexity index is 310. The summed E-state index contributed by atoms with van der Waals surface area (Å²) in [5.41, 5.74) is 3.11. The Morgan fingerprint density at radius 1 is 1.44 bits per heavy atom. The smallest absolute Gasteiger partial charge is 0.0795 e. The fourth-order valence-electron chi connectivity index (χ4n) is 2.66. The maximum atomic E-state index is 4.38. The molecule has 2 nitrogen and oxygen atoms in total. The van der Waals surface area contributed by atoms with E-state index in [0.717, 1.165) is 11.8 Å². The first kappa shape index (κ1) is 12.1. The standard InChI is InChI=1S/C13H22N2S/c1-9-5-4-6-12(10(9)2)15-11(3)13-7-16-8-14-13/h7-12,15H,4-6H2,1-3H3.